The normalized spacial score (nSPS) is 17.8. The van der Waals surface area contributed by atoms with Crippen LogP contribution in [0.25, 0.3) is 0 Å². The van der Waals surface area contributed by atoms with E-state index in [2.05, 4.69) is 5.32 Å². The molecule has 4 nitrogen and oxygen atoms in total. The fraction of sp³-hybridized carbons (Fsp3) is 0.875. The molecule has 0 aromatic heterocycles. The average molecular weight is 172 g/mol. The first-order chi connectivity index (χ1) is 5.83. The molecule has 1 aliphatic carbocycles. The molecule has 0 unspecified atom stereocenters. The number of nitrogens with one attached hydrogen (secondary N) is 1. The van der Waals surface area contributed by atoms with Gasteiger partial charge in [-0.2, -0.15) is 0 Å². The number of carbonyl (C=O) groups excluding carboxylic acids is 1. The number of hydrogen-bond donors (Lipinski definition) is 2. The van der Waals surface area contributed by atoms with Crippen LogP contribution in [0.1, 0.15) is 25.7 Å². The van der Waals surface area contributed by atoms with E-state index in [1.807, 2.05) is 0 Å². The lowest BCUT2D eigenvalue weighted by molar-refractivity contribution is 0.145. The maximum absolute atomic E-state index is 11.0. The van der Waals surface area contributed by atoms with Crippen LogP contribution in [-0.4, -0.2) is 25.3 Å². The molecule has 0 radical (unpaired) electrons. The van der Waals surface area contributed by atoms with Gasteiger partial charge in [0.2, 0.25) is 0 Å². The van der Waals surface area contributed by atoms with Gasteiger partial charge in [0.15, 0.2) is 0 Å². The Bertz CT molecular complexity index is 144. The van der Waals surface area contributed by atoms with Crippen molar-refractivity contribution >= 4 is 6.09 Å². The molecule has 1 saturated carbocycles. The van der Waals surface area contributed by atoms with Gasteiger partial charge in [-0.3, -0.25) is 0 Å². The number of alkyl carbamates (subject to hydrolysis) is 1. The van der Waals surface area contributed by atoms with E-state index in [1.54, 1.807) is 0 Å². The quantitative estimate of drug-likeness (QED) is 0.655. The number of nitrogens with two attached hydrogens (primary N) is 1. The van der Waals surface area contributed by atoms with Gasteiger partial charge in [-0.25, -0.2) is 4.79 Å². The summed E-state index contributed by atoms with van der Waals surface area (Å²) >= 11 is 0. The molecule has 0 aromatic carbocycles. The summed E-state index contributed by atoms with van der Waals surface area (Å²) in [7, 11) is 0. The van der Waals surface area contributed by atoms with Gasteiger partial charge in [0.25, 0.3) is 0 Å². The van der Waals surface area contributed by atoms with Gasteiger partial charge in [-0.1, -0.05) is 12.8 Å². The molecule has 0 aromatic rings. The fourth-order valence-corrected chi connectivity index (χ4v) is 1.43. The standard InChI is InChI=1S/C8H16N2O2/c9-5-6-12-8(11)10-7-3-1-2-4-7/h7H,1-6,9H2,(H,10,11). The Morgan fingerprint density at radius 3 is 2.75 bits per heavy atom. The monoisotopic (exact) mass is 172 g/mol. The van der Waals surface area contributed by atoms with E-state index in [4.69, 9.17) is 10.5 Å². The Morgan fingerprint density at radius 1 is 1.50 bits per heavy atom. The molecule has 0 heterocycles. The SMILES string of the molecule is NCCOC(=O)NC1CCCC1. The third kappa shape index (κ3) is 3.09. The molecule has 0 atom stereocenters. The highest BCUT2D eigenvalue weighted by Crippen LogP contribution is 2.17. The smallest absolute Gasteiger partial charge is 0.407 e. The number of carbonyl (C=O) groups is 1. The molecule has 0 aliphatic heterocycles. The summed E-state index contributed by atoms with van der Waals surface area (Å²) in [5.74, 6) is 0. The van der Waals surface area contributed by atoms with Crippen molar-refractivity contribution in [2.75, 3.05) is 13.2 Å². The molecule has 3 N–H and O–H groups in total. The Morgan fingerprint density at radius 2 is 2.17 bits per heavy atom. The molecule has 1 aliphatic rings. The zero-order valence-electron chi connectivity index (χ0n) is 7.21. The third-order valence-corrected chi connectivity index (χ3v) is 2.03. The predicted octanol–water partition coefficient (Wildman–Crippen LogP) is 0.614. The highest BCUT2D eigenvalue weighted by Gasteiger charge is 2.17. The summed E-state index contributed by atoms with van der Waals surface area (Å²) in [6.07, 6.45) is 4.26. The second kappa shape index (κ2) is 4.98. The Labute approximate surface area is 72.5 Å². The van der Waals surface area contributed by atoms with Gasteiger partial charge in [0.1, 0.15) is 6.61 Å². The predicted molar refractivity (Wildman–Crippen MR) is 45.8 cm³/mol. The maximum Gasteiger partial charge on any atom is 0.407 e. The van der Waals surface area contributed by atoms with E-state index in [0.717, 1.165) is 12.8 Å². The Hall–Kier alpha value is -0.770. The van der Waals surface area contributed by atoms with Crippen molar-refractivity contribution in [2.24, 2.45) is 5.73 Å². The minimum Gasteiger partial charge on any atom is -0.448 e. The maximum atomic E-state index is 11.0. The van der Waals surface area contributed by atoms with Crippen LogP contribution in [0.5, 0.6) is 0 Å². The van der Waals surface area contributed by atoms with Crippen LogP contribution < -0.4 is 11.1 Å². The van der Waals surface area contributed by atoms with E-state index in [9.17, 15) is 4.79 Å². The first kappa shape index (κ1) is 9.32. The molecule has 4 heteroatoms. The molecule has 1 amide bonds. The molecule has 70 valence electrons. The van der Waals surface area contributed by atoms with E-state index in [1.165, 1.54) is 12.8 Å². The van der Waals surface area contributed by atoms with Crippen LogP contribution in [0, 0.1) is 0 Å². The number of hydrogen-bond acceptors (Lipinski definition) is 3. The van der Waals surface area contributed by atoms with Gasteiger partial charge in [-0.05, 0) is 12.8 Å². The summed E-state index contributed by atoms with van der Waals surface area (Å²) in [5, 5.41) is 2.80. The van der Waals surface area contributed by atoms with Crippen molar-refractivity contribution in [1.82, 2.24) is 5.32 Å². The summed E-state index contributed by atoms with van der Waals surface area (Å²) < 4.78 is 4.78. The van der Waals surface area contributed by atoms with Crippen LogP contribution >= 0.6 is 0 Å². The molecule has 1 fully saturated rings. The van der Waals surface area contributed by atoms with Crippen LogP contribution in [0.2, 0.25) is 0 Å². The van der Waals surface area contributed by atoms with Gasteiger partial charge in [-0.15, -0.1) is 0 Å². The summed E-state index contributed by atoms with van der Waals surface area (Å²) in [5.41, 5.74) is 5.18. The summed E-state index contributed by atoms with van der Waals surface area (Å²) in [6.45, 7) is 0.691. The molecule has 12 heavy (non-hydrogen) atoms. The van der Waals surface area contributed by atoms with Crippen molar-refractivity contribution in [2.45, 2.75) is 31.7 Å². The molecule has 0 bridgehead atoms. The fourth-order valence-electron chi connectivity index (χ4n) is 1.43. The molecule has 0 saturated heterocycles. The van der Waals surface area contributed by atoms with Crippen molar-refractivity contribution in [3.8, 4) is 0 Å². The minimum absolute atomic E-state index is 0.304. The minimum atomic E-state index is -0.327. The van der Waals surface area contributed by atoms with E-state index >= 15 is 0 Å². The molecule has 1 rings (SSSR count). The Kier molecular flexibility index (Phi) is 3.87. The van der Waals surface area contributed by atoms with E-state index in [0.29, 0.717) is 19.2 Å². The van der Waals surface area contributed by atoms with Crippen molar-refractivity contribution in [3.63, 3.8) is 0 Å². The van der Waals surface area contributed by atoms with E-state index in [-0.39, 0.29) is 6.09 Å². The second-order valence-electron chi connectivity index (χ2n) is 3.05. The summed E-state index contributed by atoms with van der Waals surface area (Å²) in [4.78, 5) is 11.0. The van der Waals surface area contributed by atoms with Crippen LogP contribution in [-0.2, 0) is 4.74 Å². The lowest BCUT2D eigenvalue weighted by atomic mass is 10.3. The topological polar surface area (TPSA) is 64.3 Å². The second-order valence-corrected chi connectivity index (χ2v) is 3.05. The largest absolute Gasteiger partial charge is 0.448 e. The summed E-state index contributed by atoms with van der Waals surface area (Å²) in [6, 6.07) is 0.329. The van der Waals surface area contributed by atoms with Crippen molar-refractivity contribution in [1.29, 1.82) is 0 Å². The molecule has 0 spiro atoms. The van der Waals surface area contributed by atoms with Crippen molar-refractivity contribution in [3.05, 3.63) is 0 Å². The van der Waals surface area contributed by atoms with Crippen LogP contribution in [0.4, 0.5) is 4.79 Å². The zero-order chi connectivity index (χ0) is 8.81. The van der Waals surface area contributed by atoms with Gasteiger partial charge >= 0.3 is 6.09 Å². The first-order valence-electron chi connectivity index (χ1n) is 4.46. The number of ether oxygens (including phenoxy) is 1. The highest BCUT2D eigenvalue weighted by molar-refractivity contribution is 5.67. The Balaban J connectivity index is 2.08. The van der Waals surface area contributed by atoms with Gasteiger partial charge in [0, 0.05) is 12.6 Å². The number of amides is 1. The molecular formula is C8H16N2O2. The zero-order valence-corrected chi connectivity index (χ0v) is 7.21. The first-order valence-corrected chi connectivity index (χ1v) is 4.46. The highest BCUT2D eigenvalue weighted by atomic mass is 16.5. The van der Waals surface area contributed by atoms with E-state index < -0.39 is 0 Å². The molecular weight excluding hydrogens is 156 g/mol. The van der Waals surface area contributed by atoms with Crippen molar-refractivity contribution < 1.29 is 9.53 Å². The van der Waals surface area contributed by atoms with Gasteiger partial charge in [0.05, 0.1) is 0 Å². The number of rotatable bonds is 3. The van der Waals surface area contributed by atoms with Gasteiger partial charge < -0.3 is 15.8 Å². The average Bonchev–Trinajstić information content (AvgIpc) is 2.53. The lowest BCUT2D eigenvalue weighted by Crippen LogP contribution is -2.34. The third-order valence-electron chi connectivity index (χ3n) is 2.03. The van der Waals surface area contributed by atoms with Crippen LogP contribution in [0.3, 0.4) is 0 Å². The van der Waals surface area contributed by atoms with Crippen LogP contribution in [0.15, 0.2) is 0 Å². The lowest BCUT2D eigenvalue weighted by Gasteiger charge is -2.11.